The van der Waals surface area contributed by atoms with Gasteiger partial charge in [0, 0.05) is 63.4 Å². The van der Waals surface area contributed by atoms with Crippen LogP contribution >= 0.6 is 0 Å². The van der Waals surface area contributed by atoms with Gasteiger partial charge in [-0.25, -0.2) is 4.39 Å². The molecule has 2 aromatic heterocycles. The van der Waals surface area contributed by atoms with E-state index in [-0.39, 0.29) is 11.6 Å². The summed E-state index contributed by atoms with van der Waals surface area (Å²) in [4.78, 5) is 16.9. The second-order valence-corrected chi connectivity index (χ2v) is 9.36. The number of aryl methyl sites for hydroxylation is 3. The smallest absolute Gasteiger partial charge is 0.137 e. The molecule has 0 spiro atoms. The number of Topliss-reactive ketones (excluding diaryl/α,β-unsaturated/α-hetero) is 1. The largest absolute Gasteiger partial charge is 0.369 e. The van der Waals surface area contributed by atoms with E-state index < -0.39 is 0 Å². The van der Waals surface area contributed by atoms with Crippen molar-refractivity contribution in [2.45, 2.75) is 73.1 Å². The van der Waals surface area contributed by atoms with Gasteiger partial charge in [-0.05, 0) is 56.4 Å². The molecule has 0 amide bonds. The van der Waals surface area contributed by atoms with E-state index in [0.29, 0.717) is 5.39 Å². The molecule has 1 fully saturated rings. The van der Waals surface area contributed by atoms with E-state index in [4.69, 9.17) is 0 Å². The molecule has 6 nitrogen and oxygen atoms in total. The topological polar surface area (TPSA) is 63.1 Å². The highest BCUT2D eigenvalue weighted by Crippen LogP contribution is 2.24. The number of nitrogens with zero attached hydrogens (tertiary/aromatic N) is 4. The molecule has 1 N–H and O–H groups in total. The quantitative estimate of drug-likeness (QED) is 0.447. The van der Waals surface area contributed by atoms with Crippen LogP contribution in [0.15, 0.2) is 30.6 Å². The molecule has 1 aromatic carbocycles. The number of piperazine rings is 1. The third-order valence-electron chi connectivity index (χ3n) is 6.14. The van der Waals surface area contributed by atoms with Crippen LogP contribution in [0.3, 0.4) is 0 Å². The summed E-state index contributed by atoms with van der Waals surface area (Å²) in [5, 5.41) is 8.17. The SMILES string of the molecule is CCCC(C)=O.CCCc1c(N2CCNCC2)ccnc1C.CCCc1ccc2nn(C)cc2c1F. The molecule has 0 unspecified atom stereocenters. The van der Waals surface area contributed by atoms with Crippen molar-refractivity contribution < 1.29 is 9.18 Å². The fraction of sp³-hybridized carbons (Fsp3) is 0.552. The van der Waals surface area contributed by atoms with Crippen LogP contribution in [0.2, 0.25) is 0 Å². The molecule has 4 rings (SSSR count). The molecule has 3 heterocycles. The first kappa shape index (κ1) is 29.4. The van der Waals surface area contributed by atoms with E-state index in [9.17, 15) is 9.18 Å². The fourth-order valence-corrected chi connectivity index (χ4v) is 4.38. The van der Waals surface area contributed by atoms with Gasteiger partial charge in [0.1, 0.15) is 11.6 Å². The second kappa shape index (κ2) is 15.3. The van der Waals surface area contributed by atoms with Gasteiger partial charge in [-0.1, -0.05) is 39.7 Å². The molecular weight excluding hydrogens is 453 g/mol. The Bertz CT molecular complexity index is 1090. The minimum atomic E-state index is -0.113. The first-order valence-corrected chi connectivity index (χ1v) is 13.3. The van der Waals surface area contributed by atoms with Gasteiger partial charge in [0.15, 0.2) is 0 Å². The lowest BCUT2D eigenvalue weighted by Gasteiger charge is -2.31. The third kappa shape index (κ3) is 8.70. The number of pyridine rings is 1. The molecule has 1 aliphatic heterocycles. The highest BCUT2D eigenvalue weighted by Gasteiger charge is 2.15. The summed E-state index contributed by atoms with van der Waals surface area (Å²) in [6, 6.07) is 5.88. The zero-order chi connectivity index (χ0) is 26.5. The number of anilines is 1. The van der Waals surface area contributed by atoms with Crippen LogP contribution in [0, 0.1) is 12.7 Å². The Labute approximate surface area is 216 Å². The molecule has 36 heavy (non-hydrogen) atoms. The van der Waals surface area contributed by atoms with Gasteiger partial charge < -0.3 is 15.0 Å². The van der Waals surface area contributed by atoms with E-state index in [0.717, 1.165) is 69.4 Å². The number of halogens is 1. The van der Waals surface area contributed by atoms with E-state index in [1.807, 2.05) is 32.2 Å². The molecule has 0 atom stereocenters. The van der Waals surface area contributed by atoms with E-state index in [2.05, 4.69) is 40.2 Å². The van der Waals surface area contributed by atoms with Crippen molar-refractivity contribution in [2.75, 3.05) is 31.1 Å². The minimum absolute atomic E-state index is 0.113. The predicted molar refractivity (Wildman–Crippen MR) is 148 cm³/mol. The summed E-state index contributed by atoms with van der Waals surface area (Å²) >= 11 is 0. The van der Waals surface area contributed by atoms with Crippen molar-refractivity contribution in [2.24, 2.45) is 7.05 Å². The van der Waals surface area contributed by atoms with Gasteiger partial charge in [0.25, 0.3) is 0 Å². The summed E-state index contributed by atoms with van der Waals surface area (Å²) < 4.78 is 15.5. The molecule has 7 heteroatoms. The van der Waals surface area contributed by atoms with Gasteiger partial charge >= 0.3 is 0 Å². The third-order valence-corrected chi connectivity index (χ3v) is 6.14. The molecular formula is C29H44FN5O. The van der Waals surface area contributed by atoms with Crippen molar-refractivity contribution in [3.8, 4) is 0 Å². The Morgan fingerprint density at radius 3 is 2.33 bits per heavy atom. The molecule has 0 aliphatic carbocycles. The molecule has 1 saturated heterocycles. The van der Waals surface area contributed by atoms with Crippen molar-refractivity contribution in [1.82, 2.24) is 20.1 Å². The highest BCUT2D eigenvalue weighted by molar-refractivity contribution is 5.79. The van der Waals surface area contributed by atoms with Crippen LogP contribution in [0.25, 0.3) is 10.9 Å². The Kier molecular flexibility index (Phi) is 12.5. The van der Waals surface area contributed by atoms with Gasteiger partial charge in [-0.15, -0.1) is 0 Å². The van der Waals surface area contributed by atoms with Gasteiger partial charge in [-0.2, -0.15) is 5.10 Å². The van der Waals surface area contributed by atoms with E-state index >= 15 is 0 Å². The number of aromatic nitrogens is 3. The monoisotopic (exact) mass is 497 g/mol. The van der Waals surface area contributed by atoms with E-state index in [1.165, 1.54) is 23.4 Å². The molecule has 198 valence electrons. The normalized spacial score (nSPS) is 13.0. The Morgan fingerprint density at radius 1 is 1.06 bits per heavy atom. The van der Waals surface area contributed by atoms with Crippen LogP contribution in [0.1, 0.15) is 70.2 Å². The standard InChI is InChI=1S/C13H21N3.C11H13FN2.C5H10O/c1-3-4-12-11(2)15-6-5-13(12)16-9-7-14-8-10-16;1-3-4-8-5-6-10-9(11(8)12)7-14(2)13-10;1-3-4-5(2)6/h5-6,14H,3-4,7-10H2,1-2H3;5-7H,3-4H2,1-2H3;3-4H2,1-2H3. The Morgan fingerprint density at radius 2 is 1.75 bits per heavy atom. The van der Waals surface area contributed by atoms with E-state index in [1.54, 1.807) is 24.9 Å². The number of ketones is 1. The summed E-state index contributed by atoms with van der Waals surface area (Å²) in [5.41, 5.74) is 5.54. The number of hydrogen-bond acceptors (Lipinski definition) is 5. The number of nitrogens with one attached hydrogen (secondary N) is 1. The van der Waals surface area contributed by atoms with Crippen LogP contribution in [-0.4, -0.2) is 46.7 Å². The lowest BCUT2D eigenvalue weighted by Crippen LogP contribution is -2.44. The van der Waals surface area contributed by atoms with Crippen molar-refractivity contribution in [1.29, 1.82) is 0 Å². The van der Waals surface area contributed by atoms with Gasteiger partial charge in [0.2, 0.25) is 0 Å². The lowest BCUT2D eigenvalue weighted by atomic mass is 10.1. The molecule has 0 saturated carbocycles. The molecule has 3 aromatic rings. The zero-order valence-electron chi connectivity index (χ0n) is 23.0. The first-order valence-electron chi connectivity index (χ1n) is 13.3. The minimum Gasteiger partial charge on any atom is -0.369 e. The summed E-state index contributed by atoms with van der Waals surface area (Å²) in [6.07, 6.45) is 9.45. The second-order valence-electron chi connectivity index (χ2n) is 9.36. The number of hydrogen-bond donors (Lipinski definition) is 1. The van der Waals surface area contributed by atoms with Crippen molar-refractivity contribution >= 4 is 22.4 Å². The Hall–Kier alpha value is -2.80. The van der Waals surface area contributed by atoms with Crippen LogP contribution in [0.5, 0.6) is 0 Å². The maximum Gasteiger partial charge on any atom is 0.137 e. The number of rotatable bonds is 7. The summed E-state index contributed by atoms with van der Waals surface area (Å²) in [5.74, 6) is 0.176. The van der Waals surface area contributed by atoms with Crippen LogP contribution in [-0.2, 0) is 24.7 Å². The van der Waals surface area contributed by atoms with Crippen LogP contribution < -0.4 is 10.2 Å². The van der Waals surface area contributed by atoms with Crippen molar-refractivity contribution in [3.63, 3.8) is 0 Å². The van der Waals surface area contributed by atoms with Gasteiger partial charge in [-0.3, -0.25) is 9.67 Å². The zero-order valence-corrected chi connectivity index (χ0v) is 23.0. The lowest BCUT2D eigenvalue weighted by molar-refractivity contribution is -0.117. The van der Waals surface area contributed by atoms with Gasteiger partial charge in [0.05, 0.1) is 10.9 Å². The predicted octanol–water partition coefficient (Wildman–Crippen LogP) is 5.79. The number of carbonyl (C=O) groups excluding carboxylic acids is 1. The van der Waals surface area contributed by atoms with Crippen molar-refractivity contribution in [3.05, 3.63) is 53.2 Å². The average molecular weight is 498 g/mol. The summed E-state index contributed by atoms with van der Waals surface area (Å²) in [6.45, 7) is 14.4. The number of fused-ring (bicyclic) bond motifs is 1. The summed E-state index contributed by atoms with van der Waals surface area (Å²) in [7, 11) is 1.80. The number of carbonyl (C=O) groups is 1. The fourth-order valence-electron chi connectivity index (χ4n) is 4.38. The Balaban J connectivity index is 0.000000209. The molecule has 0 radical (unpaired) electrons. The average Bonchev–Trinajstić information content (AvgIpc) is 3.25. The highest BCUT2D eigenvalue weighted by atomic mass is 19.1. The first-order chi connectivity index (χ1) is 17.3. The number of benzene rings is 1. The maximum atomic E-state index is 13.8. The molecule has 1 aliphatic rings. The molecule has 0 bridgehead atoms. The maximum absolute atomic E-state index is 13.8. The van der Waals surface area contributed by atoms with Crippen LogP contribution in [0.4, 0.5) is 10.1 Å².